The minimum Gasteiger partial charge on any atom is -0.312 e. The van der Waals surface area contributed by atoms with Crippen molar-refractivity contribution in [2.24, 2.45) is 0 Å². The highest BCUT2D eigenvalue weighted by atomic mass is 32.1. The van der Waals surface area contributed by atoms with Crippen molar-refractivity contribution >= 4 is 21.7 Å². The Bertz CT molecular complexity index is 1680. The maximum absolute atomic E-state index is 14.6. The molecule has 4 heterocycles. The molecule has 0 spiro atoms. The van der Waals surface area contributed by atoms with Gasteiger partial charge in [0.2, 0.25) is 0 Å². The Morgan fingerprint density at radius 3 is 2.73 bits per heavy atom. The maximum atomic E-state index is 14.6. The van der Waals surface area contributed by atoms with Crippen LogP contribution in [0, 0.1) is 12.7 Å². The van der Waals surface area contributed by atoms with Crippen LogP contribution in [-0.4, -0.2) is 30.9 Å². The van der Waals surface area contributed by atoms with Gasteiger partial charge in [-0.2, -0.15) is 5.10 Å². The lowest BCUT2D eigenvalue weighted by Crippen LogP contribution is -2.23. The first-order valence-electron chi connectivity index (χ1n) is 12.4. The number of fused-ring (bicyclic) bond motifs is 2. The lowest BCUT2D eigenvalue weighted by molar-refractivity contribution is 0.599. The molecule has 0 aliphatic carbocycles. The number of thiazole rings is 1. The maximum Gasteiger partial charge on any atom is 0.309 e. The SMILES string of the molecule is Cc1c2c(nn1-c1ccc(Cn3c(=O)sc4cnc(-c5cccc(F)c5C(C)C)nc43)cc1)CCNC2. The fourth-order valence-corrected chi connectivity index (χ4v) is 5.87. The van der Waals surface area contributed by atoms with Gasteiger partial charge < -0.3 is 5.32 Å². The summed E-state index contributed by atoms with van der Waals surface area (Å²) in [6, 6.07) is 13.1. The third-order valence-corrected chi connectivity index (χ3v) is 7.87. The number of aromatic nitrogens is 5. The lowest BCUT2D eigenvalue weighted by Gasteiger charge is -2.13. The van der Waals surface area contributed by atoms with Gasteiger partial charge in [-0.15, -0.1) is 0 Å². The molecule has 0 radical (unpaired) electrons. The van der Waals surface area contributed by atoms with Crippen LogP contribution in [0.5, 0.6) is 0 Å². The topological polar surface area (TPSA) is 77.6 Å². The van der Waals surface area contributed by atoms with Crippen LogP contribution >= 0.6 is 11.3 Å². The molecule has 0 atom stereocenters. The van der Waals surface area contributed by atoms with E-state index in [0.29, 0.717) is 33.8 Å². The van der Waals surface area contributed by atoms with Gasteiger partial charge in [0.25, 0.3) is 0 Å². The zero-order valence-corrected chi connectivity index (χ0v) is 21.8. The molecule has 1 aliphatic heterocycles. The van der Waals surface area contributed by atoms with Crippen LogP contribution < -0.4 is 10.2 Å². The van der Waals surface area contributed by atoms with Gasteiger partial charge in [0, 0.05) is 41.9 Å². The van der Waals surface area contributed by atoms with E-state index in [0.717, 1.165) is 53.5 Å². The van der Waals surface area contributed by atoms with Crippen LogP contribution in [0.4, 0.5) is 4.39 Å². The van der Waals surface area contributed by atoms with Gasteiger partial charge in [0.1, 0.15) is 5.82 Å². The Kier molecular flexibility index (Phi) is 5.97. The Morgan fingerprint density at radius 2 is 1.97 bits per heavy atom. The number of rotatable bonds is 5. The summed E-state index contributed by atoms with van der Waals surface area (Å²) in [4.78, 5) is 22.0. The smallest absolute Gasteiger partial charge is 0.309 e. The molecule has 0 fully saturated rings. The van der Waals surface area contributed by atoms with Crippen LogP contribution in [0.3, 0.4) is 0 Å². The van der Waals surface area contributed by atoms with Gasteiger partial charge >= 0.3 is 4.87 Å². The van der Waals surface area contributed by atoms with Crippen molar-refractivity contribution in [2.75, 3.05) is 6.54 Å². The molecule has 37 heavy (non-hydrogen) atoms. The fourth-order valence-electron chi connectivity index (χ4n) is 5.07. The molecule has 9 heteroatoms. The third kappa shape index (κ3) is 4.18. The number of hydrogen-bond acceptors (Lipinski definition) is 6. The molecule has 0 bridgehead atoms. The molecule has 5 aromatic rings. The number of halogens is 1. The van der Waals surface area contributed by atoms with Crippen molar-refractivity contribution in [3.8, 4) is 17.1 Å². The van der Waals surface area contributed by atoms with Crippen molar-refractivity contribution in [1.82, 2.24) is 29.6 Å². The molecule has 0 saturated heterocycles. The Hall–Kier alpha value is -3.69. The second kappa shape index (κ2) is 9.32. The molecule has 3 aromatic heterocycles. The summed E-state index contributed by atoms with van der Waals surface area (Å²) in [5, 5.41) is 8.24. The van der Waals surface area contributed by atoms with Crippen molar-refractivity contribution < 1.29 is 4.39 Å². The highest BCUT2D eigenvalue weighted by Crippen LogP contribution is 2.30. The predicted molar refractivity (Wildman–Crippen MR) is 144 cm³/mol. The summed E-state index contributed by atoms with van der Waals surface area (Å²) >= 11 is 1.12. The van der Waals surface area contributed by atoms with E-state index >= 15 is 0 Å². The van der Waals surface area contributed by atoms with E-state index in [1.165, 1.54) is 11.6 Å². The normalized spacial score (nSPS) is 13.4. The van der Waals surface area contributed by atoms with Crippen LogP contribution in [0.1, 0.15) is 47.8 Å². The van der Waals surface area contributed by atoms with E-state index in [9.17, 15) is 9.18 Å². The van der Waals surface area contributed by atoms with Crippen molar-refractivity contribution in [3.05, 3.63) is 92.2 Å². The second-order valence-electron chi connectivity index (χ2n) is 9.71. The monoisotopic (exact) mass is 514 g/mol. The highest BCUT2D eigenvalue weighted by Gasteiger charge is 2.20. The second-order valence-corrected chi connectivity index (χ2v) is 10.7. The summed E-state index contributed by atoms with van der Waals surface area (Å²) in [6.07, 6.45) is 2.60. The first kappa shape index (κ1) is 23.7. The molecule has 0 saturated carbocycles. The van der Waals surface area contributed by atoms with Gasteiger partial charge in [0.15, 0.2) is 11.5 Å². The molecule has 6 rings (SSSR count). The standard InChI is InChI=1S/C28H27FN6OS/c1-16(2)25-20(5-4-6-22(25)29)26-31-14-24-27(32-26)34(28(36)37-24)15-18-7-9-19(10-8-18)35-17(3)21-13-30-12-11-23(21)33-35/h4-10,14,16,30H,11-13,15H2,1-3H3. The summed E-state index contributed by atoms with van der Waals surface area (Å²) in [5.41, 5.74) is 7.35. The van der Waals surface area contributed by atoms with E-state index in [1.54, 1.807) is 16.8 Å². The quantitative estimate of drug-likeness (QED) is 0.358. The van der Waals surface area contributed by atoms with Crippen molar-refractivity contribution in [3.63, 3.8) is 0 Å². The number of hydrogen-bond donors (Lipinski definition) is 1. The van der Waals surface area contributed by atoms with Crippen molar-refractivity contribution in [1.29, 1.82) is 0 Å². The van der Waals surface area contributed by atoms with Crippen molar-refractivity contribution in [2.45, 2.75) is 46.2 Å². The van der Waals surface area contributed by atoms with E-state index in [2.05, 4.69) is 17.2 Å². The van der Waals surface area contributed by atoms with E-state index in [-0.39, 0.29) is 16.6 Å². The summed E-state index contributed by atoms with van der Waals surface area (Å²) < 4.78 is 19.0. The molecular formula is C28H27FN6OS. The molecule has 0 amide bonds. The number of nitrogens with zero attached hydrogens (tertiary/aromatic N) is 5. The molecule has 188 valence electrons. The van der Waals surface area contributed by atoms with Crippen LogP contribution in [0.2, 0.25) is 0 Å². The fraction of sp³-hybridized carbons (Fsp3) is 0.286. The number of nitrogens with one attached hydrogen (secondary N) is 1. The number of benzene rings is 2. The largest absolute Gasteiger partial charge is 0.312 e. The zero-order valence-electron chi connectivity index (χ0n) is 21.0. The predicted octanol–water partition coefficient (Wildman–Crippen LogP) is 4.97. The average Bonchev–Trinajstić information content (AvgIpc) is 3.40. The minimum atomic E-state index is -0.275. The molecule has 7 nitrogen and oxygen atoms in total. The van der Waals surface area contributed by atoms with Crippen LogP contribution in [-0.2, 0) is 19.5 Å². The Balaban J connectivity index is 1.34. The van der Waals surface area contributed by atoms with E-state index in [4.69, 9.17) is 10.1 Å². The summed E-state index contributed by atoms with van der Waals surface area (Å²) in [7, 11) is 0. The lowest BCUT2D eigenvalue weighted by atomic mass is 9.96. The molecule has 1 N–H and O–H groups in total. The molecule has 1 aliphatic rings. The summed E-state index contributed by atoms with van der Waals surface area (Å²) in [6.45, 7) is 8.18. The van der Waals surface area contributed by atoms with Gasteiger partial charge in [0.05, 0.1) is 28.8 Å². The third-order valence-electron chi connectivity index (χ3n) is 6.97. The Morgan fingerprint density at radius 1 is 1.16 bits per heavy atom. The summed E-state index contributed by atoms with van der Waals surface area (Å²) in [5.74, 6) is 0.118. The van der Waals surface area contributed by atoms with Gasteiger partial charge in [-0.05, 0) is 36.6 Å². The first-order chi connectivity index (χ1) is 17.9. The van der Waals surface area contributed by atoms with E-state index < -0.39 is 0 Å². The van der Waals surface area contributed by atoms with Crippen LogP contribution in [0.15, 0.2) is 53.5 Å². The molecule has 2 aromatic carbocycles. The van der Waals surface area contributed by atoms with Gasteiger partial charge in [-0.3, -0.25) is 9.36 Å². The first-order valence-corrected chi connectivity index (χ1v) is 13.2. The van der Waals surface area contributed by atoms with Gasteiger partial charge in [-0.25, -0.2) is 19.0 Å². The van der Waals surface area contributed by atoms with Gasteiger partial charge in [-0.1, -0.05) is 49.4 Å². The average molecular weight is 515 g/mol. The minimum absolute atomic E-state index is 0.0288. The van der Waals surface area contributed by atoms with Crippen LogP contribution in [0.25, 0.3) is 27.4 Å². The van der Waals surface area contributed by atoms with E-state index in [1.807, 2.05) is 48.9 Å². The molecule has 0 unspecified atom stereocenters. The molecular weight excluding hydrogens is 487 g/mol. The Labute approximate surface area is 217 Å². The highest BCUT2D eigenvalue weighted by molar-refractivity contribution is 7.16. The zero-order chi connectivity index (χ0) is 25.7.